The third-order valence-electron chi connectivity index (χ3n) is 6.73. The number of nitrogens with one attached hydrogen (secondary N) is 1. The second-order valence-corrected chi connectivity index (χ2v) is 9.61. The Kier molecular flexibility index (Phi) is 6.99. The van der Waals surface area contributed by atoms with Crippen molar-refractivity contribution in [3.63, 3.8) is 0 Å². The van der Waals surface area contributed by atoms with E-state index in [9.17, 15) is 10.1 Å². The number of carbonyl (C=O) groups is 1. The highest BCUT2D eigenvalue weighted by molar-refractivity contribution is 5.78. The number of rotatable bonds is 6. The molecule has 2 saturated heterocycles. The number of piperazine rings is 1. The van der Waals surface area contributed by atoms with Crippen LogP contribution in [0.15, 0.2) is 0 Å². The van der Waals surface area contributed by atoms with Gasteiger partial charge in [-0.15, -0.1) is 0 Å². The lowest BCUT2D eigenvalue weighted by Gasteiger charge is -2.38. The van der Waals surface area contributed by atoms with Gasteiger partial charge in [0.25, 0.3) is 0 Å². The molecule has 1 amide bonds. The summed E-state index contributed by atoms with van der Waals surface area (Å²) in [5, 5.41) is 13.0. The molecule has 3 aliphatic heterocycles. The monoisotopic (exact) mass is 441 g/mol. The first-order valence-corrected chi connectivity index (χ1v) is 11.8. The zero-order chi connectivity index (χ0) is 22.7. The number of aromatic nitrogens is 1. The molecule has 174 valence electrons. The molecular formula is C24H35N5O3. The predicted molar refractivity (Wildman–Crippen MR) is 122 cm³/mol. The largest absolute Gasteiger partial charge is 0.376 e. The number of pyridine rings is 1. The summed E-state index contributed by atoms with van der Waals surface area (Å²) in [6.07, 6.45) is 3.80. The Hall–Kier alpha value is -2.21. The van der Waals surface area contributed by atoms with Crippen molar-refractivity contribution in [1.82, 2.24) is 15.2 Å². The lowest BCUT2D eigenvalue weighted by molar-refractivity contribution is -0.122. The molecule has 0 aromatic carbocycles. The summed E-state index contributed by atoms with van der Waals surface area (Å²) in [6, 6.07) is 2.45. The van der Waals surface area contributed by atoms with E-state index in [1.165, 1.54) is 0 Å². The maximum atomic E-state index is 12.3. The zero-order valence-electron chi connectivity index (χ0n) is 19.6. The van der Waals surface area contributed by atoms with Gasteiger partial charge in [0.2, 0.25) is 5.91 Å². The van der Waals surface area contributed by atoms with Gasteiger partial charge in [-0.2, -0.15) is 5.26 Å². The molecule has 0 aliphatic carbocycles. The second kappa shape index (κ2) is 9.74. The third-order valence-corrected chi connectivity index (χ3v) is 6.73. The van der Waals surface area contributed by atoms with E-state index in [1.807, 2.05) is 0 Å². The first-order chi connectivity index (χ1) is 15.4. The van der Waals surface area contributed by atoms with E-state index >= 15 is 0 Å². The molecule has 4 heterocycles. The van der Waals surface area contributed by atoms with Gasteiger partial charge in [0, 0.05) is 57.0 Å². The number of anilines is 1. The van der Waals surface area contributed by atoms with E-state index < -0.39 is 0 Å². The van der Waals surface area contributed by atoms with Gasteiger partial charge in [-0.1, -0.05) is 6.92 Å². The first kappa shape index (κ1) is 23.0. The number of nitrogens with zero attached hydrogens (tertiary/aromatic N) is 4. The number of fused-ring (bicyclic) bond motifs is 1. The minimum atomic E-state index is -0.280. The Balaban J connectivity index is 1.41. The van der Waals surface area contributed by atoms with Gasteiger partial charge in [-0.05, 0) is 38.7 Å². The molecule has 8 heteroatoms. The van der Waals surface area contributed by atoms with Gasteiger partial charge in [0.05, 0.1) is 30.4 Å². The van der Waals surface area contributed by atoms with Crippen molar-refractivity contribution in [3.8, 4) is 6.07 Å². The van der Waals surface area contributed by atoms with Crippen LogP contribution in [0.1, 0.15) is 56.0 Å². The van der Waals surface area contributed by atoms with Crippen LogP contribution >= 0.6 is 0 Å². The van der Waals surface area contributed by atoms with E-state index in [0.717, 1.165) is 81.1 Å². The Labute approximate surface area is 190 Å². The average molecular weight is 442 g/mol. The van der Waals surface area contributed by atoms with Crippen LogP contribution in [-0.2, 0) is 33.7 Å². The minimum absolute atomic E-state index is 0.0501. The standard InChI is InChI=1S/C24H35N5O3/c1-4-21-20-16-32-24(2,3)12-18(20)19(13-25)23(27-21)29-9-7-28(8-10-29)15-22(30)26-14-17-6-5-11-31-17/h17H,4-12,14-16H2,1-3H3,(H,26,30)/t17-/m0/s1. The Morgan fingerprint density at radius 2 is 2.06 bits per heavy atom. The van der Waals surface area contributed by atoms with E-state index in [-0.39, 0.29) is 17.6 Å². The molecule has 1 aromatic rings. The van der Waals surface area contributed by atoms with Gasteiger partial charge in [-0.25, -0.2) is 4.98 Å². The minimum Gasteiger partial charge on any atom is -0.376 e. The Bertz CT molecular complexity index is 881. The fourth-order valence-electron chi connectivity index (χ4n) is 4.87. The van der Waals surface area contributed by atoms with Crippen molar-refractivity contribution in [2.24, 2.45) is 0 Å². The van der Waals surface area contributed by atoms with E-state index in [0.29, 0.717) is 25.3 Å². The van der Waals surface area contributed by atoms with Crippen molar-refractivity contribution in [2.75, 3.05) is 50.8 Å². The highest BCUT2D eigenvalue weighted by Crippen LogP contribution is 2.35. The summed E-state index contributed by atoms with van der Waals surface area (Å²) in [5.74, 6) is 0.845. The second-order valence-electron chi connectivity index (χ2n) is 9.61. The van der Waals surface area contributed by atoms with Crippen LogP contribution in [0.3, 0.4) is 0 Å². The van der Waals surface area contributed by atoms with Crippen molar-refractivity contribution >= 4 is 11.7 Å². The number of aryl methyl sites for hydroxylation is 1. The van der Waals surface area contributed by atoms with E-state index in [4.69, 9.17) is 14.5 Å². The molecule has 1 aromatic heterocycles. The smallest absolute Gasteiger partial charge is 0.234 e. The highest BCUT2D eigenvalue weighted by atomic mass is 16.5. The number of ether oxygens (including phenoxy) is 2. The summed E-state index contributed by atoms with van der Waals surface area (Å²) in [4.78, 5) is 21.6. The summed E-state index contributed by atoms with van der Waals surface area (Å²) < 4.78 is 11.6. The number of carbonyl (C=O) groups excluding carboxylic acids is 1. The highest BCUT2D eigenvalue weighted by Gasteiger charge is 2.33. The number of hydrogen-bond acceptors (Lipinski definition) is 7. The van der Waals surface area contributed by atoms with Crippen LogP contribution in [0.5, 0.6) is 0 Å². The van der Waals surface area contributed by atoms with E-state index in [1.54, 1.807) is 0 Å². The molecule has 8 nitrogen and oxygen atoms in total. The Morgan fingerprint density at radius 1 is 1.28 bits per heavy atom. The van der Waals surface area contributed by atoms with Crippen LogP contribution < -0.4 is 10.2 Å². The lowest BCUT2D eigenvalue weighted by Crippen LogP contribution is -2.50. The molecule has 1 atom stereocenters. The Morgan fingerprint density at radius 3 is 2.72 bits per heavy atom. The first-order valence-electron chi connectivity index (χ1n) is 11.8. The lowest BCUT2D eigenvalue weighted by atomic mass is 9.87. The maximum absolute atomic E-state index is 12.3. The molecule has 0 unspecified atom stereocenters. The summed E-state index contributed by atoms with van der Waals surface area (Å²) in [6.45, 7) is 11.6. The SMILES string of the molecule is CCc1nc(N2CCN(CC(=O)NC[C@@H]3CCCO3)CC2)c(C#N)c2c1COC(C)(C)C2. The predicted octanol–water partition coefficient (Wildman–Crippen LogP) is 1.78. The molecule has 32 heavy (non-hydrogen) atoms. The third kappa shape index (κ3) is 5.06. The van der Waals surface area contributed by atoms with Crippen LogP contribution in [0.4, 0.5) is 5.82 Å². The molecule has 2 fully saturated rings. The molecule has 0 radical (unpaired) electrons. The number of nitriles is 1. The van der Waals surface area contributed by atoms with Crippen molar-refractivity contribution in [3.05, 3.63) is 22.4 Å². The quantitative estimate of drug-likeness (QED) is 0.720. The van der Waals surface area contributed by atoms with Gasteiger partial charge in [0.1, 0.15) is 11.9 Å². The normalized spacial score (nSPS) is 22.9. The zero-order valence-corrected chi connectivity index (χ0v) is 19.6. The van der Waals surface area contributed by atoms with Crippen LogP contribution in [0.25, 0.3) is 0 Å². The molecule has 0 spiro atoms. The summed E-state index contributed by atoms with van der Waals surface area (Å²) in [7, 11) is 0. The van der Waals surface area contributed by atoms with Crippen LogP contribution in [0.2, 0.25) is 0 Å². The molecule has 0 saturated carbocycles. The molecule has 4 rings (SSSR count). The number of amides is 1. The fourth-order valence-corrected chi connectivity index (χ4v) is 4.87. The van der Waals surface area contributed by atoms with Crippen LogP contribution in [0, 0.1) is 11.3 Å². The average Bonchev–Trinajstić information content (AvgIpc) is 3.30. The summed E-state index contributed by atoms with van der Waals surface area (Å²) >= 11 is 0. The fraction of sp³-hybridized carbons (Fsp3) is 0.708. The van der Waals surface area contributed by atoms with Crippen molar-refractivity contribution in [1.29, 1.82) is 5.26 Å². The van der Waals surface area contributed by atoms with Gasteiger partial charge in [0.15, 0.2) is 0 Å². The molecule has 3 aliphatic rings. The van der Waals surface area contributed by atoms with Gasteiger partial charge in [-0.3, -0.25) is 9.69 Å². The topological polar surface area (TPSA) is 90.7 Å². The van der Waals surface area contributed by atoms with Gasteiger partial charge < -0.3 is 19.7 Å². The van der Waals surface area contributed by atoms with Crippen molar-refractivity contribution < 1.29 is 14.3 Å². The van der Waals surface area contributed by atoms with Crippen molar-refractivity contribution in [2.45, 2.75) is 64.8 Å². The summed E-state index contributed by atoms with van der Waals surface area (Å²) in [5.41, 5.74) is 3.63. The maximum Gasteiger partial charge on any atom is 0.234 e. The van der Waals surface area contributed by atoms with Gasteiger partial charge >= 0.3 is 0 Å². The van der Waals surface area contributed by atoms with Crippen LogP contribution in [-0.4, -0.2) is 73.4 Å². The molecular weight excluding hydrogens is 406 g/mol. The van der Waals surface area contributed by atoms with E-state index in [2.05, 4.69) is 42.0 Å². The number of hydrogen-bond donors (Lipinski definition) is 1. The molecule has 1 N–H and O–H groups in total. The molecule has 0 bridgehead atoms.